The topological polar surface area (TPSA) is 76.4 Å². The number of guanidine groups is 1. The Hall–Kier alpha value is -1.63. The fourth-order valence-electron chi connectivity index (χ4n) is 4.39. The zero-order valence-corrected chi connectivity index (χ0v) is 18.1. The molecule has 0 radical (unpaired) electrons. The van der Waals surface area contributed by atoms with E-state index in [1.165, 1.54) is 25.7 Å². The second-order valence-corrected chi connectivity index (χ2v) is 9.13. The van der Waals surface area contributed by atoms with E-state index in [1.54, 1.807) is 0 Å². The first-order valence-electron chi connectivity index (χ1n) is 11.0. The van der Waals surface area contributed by atoms with E-state index in [1.807, 2.05) is 0 Å². The van der Waals surface area contributed by atoms with Gasteiger partial charge in [-0.05, 0) is 38.0 Å². The molecular formula is C21H38N6O. The first-order valence-corrected chi connectivity index (χ1v) is 11.0. The maximum Gasteiger partial charge on any atom is 0.191 e. The highest BCUT2D eigenvalue weighted by Gasteiger charge is 2.35. The number of rotatable bonds is 5. The normalized spacial score (nSPS) is 23.8. The van der Waals surface area contributed by atoms with Crippen LogP contribution in [0.15, 0.2) is 4.99 Å². The molecule has 0 aromatic carbocycles. The van der Waals surface area contributed by atoms with Crippen molar-refractivity contribution in [3.05, 3.63) is 11.6 Å². The molecule has 1 aromatic rings. The van der Waals surface area contributed by atoms with Crippen molar-refractivity contribution in [1.29, 1.82) is 0 Å². The van der Waals surface area contributed by atoms with Crippen LogP contribution in [-0.2, 0) is 24.2 Å². The van der Waals surface area contributed by atoms with Gasteiger partial charge in [0.1, 0.15) is 12.4 Å². The fourth-order valence-corrected chi connectivity index (χ4v) is 4.39. The van der Waals surface area contributed by atoms with E-state index in [2.05, 4.69) is 53.1 Å². The lowest BCUT2D eigenvalue weighted by Gasteiger charge is -2.40. The Balaban J connectivity index is 1.62. The number of nitrogens with one attached hydrogen (secondary N) is 2. The molecule has 2 atom stereocenters. The highest BCUT2D eigenvalue weighted by Crippen LogP contribution is 2.33. The number of fused-ring (bicyclic) bond motifs is 1. The lowest BCUT2D eigenvalue weighted by Crippen LogP contribution is -2.47. The Bertz CT molecular complexity index is 648. The van der Waals surface area contributed by atoms with Crippen molar-refractivity contribution < 1.29 is 4.74 Å². The summed E-state index contributed by atoms with van der Waals surface area (Å²) in [6.45, 7) is 13.1. The maximum atomic E-state index is 6.12. The SMILES string of the molecule is CCNC(=NCc1nnc2n1CCCCC2)NCC1CCCOC1C(C)(C)C. The minimum Gasteiger partial charge on any atom is -0.377 e. The van der Waals surface area contributed by atoms with Gasteiger partial charge in [-0.15, -0.1) is 10.2 Å². The van der Waals surface area contributed by atoms with Crippen LogP contribution in [0.2, 0.25) is 0 Å². The van der Waals surface area contributed by atoms with Crippen LogP contribution in [0.5, 0.6) is 0 Å². The second kappa shape index (κ2) is 9.72. The summed E-state index contributed by atoms with van der Waals surface area (Å²) >= 11 is 0. The molecular weight excluding hydrogens is 352 g/mol. The maximum absolute atomic E-state index is 6.12. The molecule has 0 aliphatic carbocycles. The number of ether oxygens (including phenoxy) is 1. The van der Waals surface area contributed by atoms with Crippen molar-refractivity contribution >= 4 is 5.96 Å². The Labute approximate surface area is 169 Å². The molecule has 2 unspecified atom stereocenters. The van der Waals surface area contributed by atoms with Gasteiger partial charge in [-0.2, -0.15) is 0 Å². The molecule has 3 heterocycles. The van der Waals surface area contributed by atoms with Crippen molar-refractivity contribution in [2.45, 2.75) is 85.4 Å². The predicted octanol–water partition coefficient (Wildman–Crippen LogP) is 2.90. The number of nitrogens with zero attached hydrogens (tertiary/aromatic N) is 4. The van der Waals surface area contributed by atoms with E-state index in [-0.39, 0.29) is 11.5 Å². The molecule has 1 aromatic heterocycles. The van der Waals surface area contributed by atoms with E-state index in [4.69, 9.17) is 9.73 Å². The molecule has 28 heavy (non-hydrogen) atoms. The average molecular weight is 391 g/mol. The van der Waals surface area contributed by atoms with E-state index >= 15 is 0 Å². The Morgan fingerprint density at radius 3 is 2.82 bits per heavy atom. The Morgan fingerprint density at radius 2 is 2.04 bits per heavy atom. The number of aryl methyl sites for hydroxylation is 1. The van der Waals surface area contributed by atoms with Gasteiger partial charge in [0.2, 0.25) is 0 Å². The minimum absolute atomic E-state index is 0.154. The molecule has 2 N–H and O–H groups in total. The number of aromatic nitrogens is 3. The predicted molar refractivity (Wildman–Crippen MR) is 112 cm³/mol. The zero-order chi connectivity index (χ0) is 20.0. The molecule has 7 heteroatoms. The standard InChI is InChI=1S/C21H38N6O/c1-5-22-20(23-14-16-10-9-13-28-19(16)21(2,3)4)24-15-18-26-25-17-11-7-6-8-12-27(17)18/h16,19H,5-15H2,1-4H3,(H2,22,23,24). The first-order chi connectivity index (χ1) is 13.5. The Kier molecular flexibility index (Phi) is 7.32. The molecule has 0 saturated carbocycles. The van der Waals surface area contributed by atoms with Gasteiger partial charge >= 0.3 is 0 Å². The van der Waals surface area contributed by atoms with Crippen LogP contribution >= 0.6 is 0 Å². The number of aliphatic imine (C=N–C) groups is 1. The molecule has 0 bridgehead atoms. The van der Waals surface area contributed by atoms with Gasteiger partial charge in [-0.1, -0.05) is 27.2 Å². The molecule has 7 nitrogen and oxygen atoms in total. The van der Waals surface area contributed by atoms with Crippen molar-refractivity contribution in [3.63, 3.8) is 0 Å². The third-order valence-electron chi connectivity index (χ3n) is 5.74. The second-order valence-electron chi connectivity index (χ2n) is 9.13. The van der Waals surface area contributed by atoms with E-state index in [9.17, 15) is 0 Å². The molecule has 0 spiro atoms. The van der Waals surface area contributed by atoms with Gasteiger partial charge in [0.25, 0.3) is 0 Å². The lowest BCUT2D eigenvalue weighted by atomic mass is 9.78. The summed E-state index contributed by atoms with van der Waals surface area (Å²) in [6, 6.07) is 0. The van der Waals surface area contributed by atoms with Gasteiger partial charge in [0.15, 0.2) is 11.8 Å². The highest BCUT2D eigenvalue weighted by molar-refractivity contribution is 5.79. The van der Waals surface area contributed by atoms with Crippen LogP contribution in [0.3, 0.4) is 0 Å². The molecule has 2 aliphatic rings. The summed E-state index contributed by atoms with van der Waals surface area (Å²) in [5, 5.41) is 15.7. The van der Waals surface area contributed by atoms with E-state index < -0.39 is 0 Å². The number of hydrogen-bond acceptors (Lipinski definition) is 4. The minimum atomic E-state index is 0.154. The summed E-state index contributed by atoms with van der Waals surface area (Å²) in [5.74, 6) is 3.45. The summed E-state index contributed by atoms with van der Waals surface area (Å²) < 4.78 is 8.39. The van der Waals surface area contributed by atoms with Crippen molar-refractivity contribution in [2.75, 3.05) is 19.7 Å². The summed E-state index contributed by atoms with van der Waals surface area (Å²) in [6.07, 6.45) is 7.34. The smallest absolute Gasteiger partial charge is 0.191 e. The fraction of sp³-hybridized carbons (Fsp3) is 0.857. The van der Waals surface area contributed by atoms with E-state index in [0.29, 0.717) is 12.5 Å². The molecule has 3 rings (SSSR count). The number of hydrogen-bond donors (Lipinski definition) is 2. The van der Waals surface area contributed by atoms with Crippen LogP contribution in [0.4, 0.5) is 0 Å². The average Bonchev–Trinajstić information content (AvgIpc) is 2.90. The molecule has 158 valence electrons. The highest BCUT2D eigenvalue weighted by atomic mass is 16.5. The molecule has 1 fully saturated rings. The molecule has 0 amide bonds. The van der Waals surface area contributed by atoms with Gasteiger partial charge < -0.3 is 19.9 Å². The molecule has 1 saturated heterocycles. The van der Waals surface area contributed by atoms with Gasteiger partial charge in [0, 0.05) is 38.6 Å². The van der Waals surface area contributed by atoms with Crippen molar-refractivity contribution in [3.8, 4) is 0 Å². The monoisotopic (exact) mass is 390 g/mol. The van der Waals surface area contributed by atoms with Crippen LogP contribution in [0, 0.1) is 11.3 Å². The van der Waals surface area contributed by atoms with Gasteiger partial charge in [-0.3, -0.25) is 0 Å². The largest absolute Gasteiger partial charge is 0.377 e. The molecule has 2 aliphatic heterocycles. The van der Waals surface area contributed by atoms with Gasteiger partial charge in [0.05, 0.1) is 6.10 Å². The van der Waals surface area contributed by atoms with Crippen LogP contribution < -0.4 is 10.6 Å². The third kappa shape index (κ3) is 5.46. The zero-order valence-electron chi connectivity index (χ0n) is 18.1. The van der Waals surface area contributed by atoms with Crippen LogP contribution in [0.25, 0.3) is 0 Å². The van der Waals surface area contributed by atoms with Crippen LogP contribution in [-0.4, -0.2) is 46.5 Å². The third-order valence-corrected chi connectivity index (χ3v) is 5.74. The summed E-state index contributed by atoms with van der Waals surface area (Å²) in [4.78, 5) is 4.80. The van der Waals surface area contributed by atoms with E-state index in [0.717, 1.165) is 56.7 Å². The summed E-state index contributed by atoms with van der Waals surface area (Å²) in [5.41, 5.74) is 0.154. The first kappa shape index (κ1) is 21.1. The lowest BCUT2D eigenvalue weighted by molar-refractivity contribution is -0.0835. The van der Waals surface area contributed by atoms with Crippen molar-refractivity contribution in [2.24, 2.45) is 16.3 Å². The quantitative estimate of drug-likeness (QED) is 0.597. The summed E-state index contributed by atoms with van der Waals surface area (Å²) in [7, 11) is 0. The van der Waals surface area contributed by atoms with Crippen molar-refractivity contribution in [1.82, 2.24) is 25.4 Å². The van der Waals surface area contributed by atoms with Crippen LogP contribution in [0.1, 0.15) is 71.4 Å². The Morgan fingerprint density at radius 1 is 1.18 bits per heavy atom. The van der Waals surface area contributed by atoms with Gasteiger partial charge in [-0.25, -0.2) is 4.99 Å².